The van der Waals surface area contributed by atoms with Crippen LogP contribution in [0.1, 0.15) is 17.3 Å². The minimum atomic E-state index is -0.735. The number of methoxy groups -OCH3 is 1. The number of hydrogen-bond donors (Lipinski definition) is 1. The quantitative estimate of drug-likeness (QED) is 0.403. The summed E-state index contributed by atoms with van der Waals surface area (Å²) in [6, 6.07) is 8.27. The van der Waals surface area contributed by atoms with Crippen molar-refractivity contribution in [3.63, 3.8) is 0 Å². The van der Waals surface area contributed by atoms with Crippen molar-refractivity contribution in [2.45, 2.75) is 6.92 Å². The second-order valence-electron chi connectivity index (χ2n) is 5.35. The number of benzene rings is 2. The summed E-state index contributed by atoms with van der Waals surface area (Å²) in [5.41, 5.74) is -0.0162. The summed E-state index contributed by atoms with van der Waals surface area (Å²) in [7, 11) is 1.47. The number of rotatable bonds is 8. The molecular formula is C18H17ClN2O7. The molecule has 0 aromatic heterocycles. The molecule has 0 aliphatic heterocycles. The highest BCUT2D eigenvalue weighted by molar-refractivity contribution is 6.32. The molecule has 2 aromatic carbocycles. The third-order valence-electron chi connectivity index (χ3n) is 3.46. The lowest BCUT2D eigenvalue weighted by Crippen LogP contribution is -2.21. The maximum atomic E-state index is 12.1. The first-order valence-electron chi connectivity index (χ1n) is 8.07. The van der Waals surface area contributed by atoms with Gasteiger partial charge in [-0.3, -0.25) is 14.9 Å². The fourth-order valence-electron chi connectivity index (χ4n) is 2.21. The highest BCUT2D eigenvalue weighted by Crippen LogP contribution is 2.29. The van der Waals surface area contributed by atoms with Crippen LogP contribution in [0.2, 0.25) is 5.02 Å². The number of esters is 1. The van der Waals surface area contributed by atoms with Crippen LogP contribution < -0.4 is 14.8 Å². The smallest absolute Gasteiger partial charge is 0.338 e. The molecule has 2 aromatic rings. The standard InChI is InChI=1S/C18H17ClN2O7/c1-3-27-16-8-11(4-7-15(16)26-2)18(23)28-10-17(22)20-12-5-6-13(19)14(9-12)21(24)25/h4-9H,3,10H2,1-2H3,(H,20,22). The first-order chi connectivity index (χ1) is 13.3. The van der Waals surface area contributed by atoms with Gasteiger partial charge in [-0.1, -0.05) is 11.6 Å². The van der Waals surface area contributed by atoms with E-state index in [9.17, 15) is 19.7 Å². The Hall–Kier alpha value is -3.33. The summed E-state index contributed by atoms with van der Waals surface area (Å²) in [5, 5.41) is 13.2. The Kier molecular flexibility index (Phi) is 7.16. The maximum Gasteiger partial charge on any atom is 0.338 e. The Balaban J connectivity index is 1.99. The van der Waals surface area contributed by atoms with Gasteiger partial charge in [0, 0.05) is 11.8 Å². The molecule has 148 valence electrons. The van der Waals surface area contributed by atoms with Gasteiger partial charge in [-0.05, 0) is 37.3 Å². The summed E-state index contributed by atoms with van der Waals surface area (Å²) in [6.45, 7) is 1.59. The van der Waals surface area contributed by atoms with Gasteiger partial charge in [0.25, 0.3) is 11.6 Å². The molecule has 0 aliphatic rings. The fraction of sp³-hybridized carbons (Fsp3) is 0.222. The van der Waals surface area contributed by atoms with Gasteiger partial charge >= 0.3 is 5.97 Å². The van der Waals surface area contributed by atoms with E-state index in [1.54, 1.807) is 13.0 Å². The molecule has 28 heavy (non-hydrogen) atoms. The van der Waals surface area contributed by atoms with Crippen LogP contribution in [0.3, 0.4) is 0 Å². The summed E-state index contributed by atoms with van der Waals surface area (Å²) in [5.74, 6) is -0.567. The third-order valence-corrected chi connectivity index (χ3v) is 3.78. The fourth-order valence-corrected chi connectivity index (χ4v) is 2.40. The number of nitrogens with zero attached hydrogens (tertiary/aromatic N) is 1. The number of anilines is 1. The third kappa shape index (κ3) is 5.34. The van der Waals surface area contributed by atoms with E-state index >= 15 is 0 Å². The summed E-state index contributed by atoms with van der Waals surface area (Å²) in [6.07, 6.45) is 0. The zero-order valence-electron chi connectivity index (χ0n) is 15.1. The van der Waals surface area contributed by atoms with E-state index in [1.807, 2.05) is 0 Å². The number of carbonyl (C=O) groups is 2. The Bertz CT molecular complexity index is 901. The lowest BCUT2D eigenvalue weighted by molar-refractivity contribution is -0.384. The SMILES string of the molecule is CCOc1cc(C(=O)OCC(=O)Nc2ccc(Cl)c([N+](=O)[O-])c2)ccc1OC. The zero-order chi connectivity index (χ0) is 20.7. The number of halogens is 1. The Labute approximate surface area is 165 Å². The van der Waals surface area contributed by atoms with E-state index in [2.05, 4.69) is 5.32 Å². The molecule has 0 bridgehead atoms. The van der Waals surface area contributed by atoms with Crippen LogP contribution in [-0.4, -0.2) is 37.1 Å². The molecule has 0 atom stereocenters. The van der Waals surface area contributed by atoms with Crippen LogP contribution in [-0.2, 0) is 9.53 Å². The topological polar surface area (TPSA) is 117 Å². The van der Waals surface area contributed by atoms with Crippen molar-refractivity contribution in [3.8, 4) is 11.5 Å². The number of nitro groups is 1. The molecule has 10 heteroatoms. The molecule has 9 nitrogen and oxygen atoms in total. The predicted molar refractivity (Wildman–Crippen MR) is 101 cm³/mol. The number of nitro benzene ring substituents is 1. The van der Waals surface area contributed by atoms with E-state index in [-0.39, 0.29) is 22.0 Å². The van der Waals surface area contributed by atoms with Crippen LogP contribution in [0.4, 0.5) is 11.4 Å². The number of nitrogens with one attached hydrogen (secondary N) is 1. The highest BCUT2D eigenvalue weighted by atomic mass is 35.5. The minimum Gasteiger partial charge on any atom is -0.493 e. The molecule has 0 spiro atoms. The molecule has 1 N–H and O–H groups in total. The van der Waals surface area contributed by atoms with Crippen molar-refractivity contribution < 1.29 is 28.7 Å². The van der Waals surface area contributed by atoms with Crippen molar-refractivity contribution >= 4 is 34.9 Å². The van der Waals surface area contributed by atoms with Gasteiger partial charge in [0.2, 0.25) is 0 Å². The molecule has 0 saturated heterocycles. The molecule has 0 fully saturated rings. The van der Waals surface area contributed by atoms with Gasteiger partial charge in [-0.2, -0.15) is 0 Å². The molecule has 1 amide bonds. The summed E-state index contributed by atoms with van der Waals surface area (Å²) >= 11 is 5.71. The van der Waals surface area contributed by atoms with Crippen LogP contribution in [0.25, 0.3) is 0 Å². The van der Waals surface area contributed by atoms with E-state index in [0.29, 0.717) is 18.1 Å². The van der Waals surface area contributed by atoms with Crippen LogP contribution in [0, 0.1) is 10.1 Å². The Morgan fingerprint density at radius 3 is 2.57 bits per heavy atom. The van der Waals surface area contributed by atoms with E-state index in [4.69, 9.17) is 25.8 Å². The summed E-state index contributed by atoms with van der Waals surface area (Å²) < 4.78 is 15.5. The molecule has 0 aliphatic carbocycles. The average molecular weight is 409 g/mol. The van der Waals surface area contributed by atoms with E-state index in [0.717, 1.165) is 6.07 Å². The van der Waals surface area contributed by atoms with Crippen molar-refractivity contribution in [1.29, 1.82) is 0 Å². The first-order valence-corrected chi connectivity index (χ1v) is 8.45. The number of carbonyl (C=O) groups excluding carboxylic acids is 2. The normalized spacial score (nSPS) is 10.1. The van der Waals surface area contributed by atoms with Crippen molar-refractivity contribution in [3.05, 3.63) is 57.1 Å². The van der Waals surface area contributed by atoms with Gasteiger partial charge in [0.1, 0.15) is 5.02 Å². The van der Waals surface area contributed by atoms with Crippen molar-refractivity contribution in [1.82, 2.24) is 0 Å². The van der Waals surface area contributed by atoms with Crippen LogP contribution >= 0.6 is 11.6 Å². The zero-order valence-corrected chi connectivity index (χ0v) is 15.8. The van der Waals surface area contributed by atoms with Crippen LogP contribution in [0.5, 0.6) is 11.5 Å². The minimum absolute atomic E-state index is 0.0564. The van der Waals surface area contributed by atoms with Gasteiger partial charge in [0.15, 0.2) is 18.1 Å². The molecule has 0 radical (unpaired) electrons. The summed E-state index contributed by atoms with van der Waals surface area (Å²) in [4.78, 5) is 34.3. The number of hydrogen-bond acceptors (Lipinski definition) is 7. The largest absolute Gasteiger partial charge is 0.493 e. The number of amides is 1. The van der Waals surface area contributed by atoms with Crippen molar-refractivity contribution in [2.24, 2.45) is 0 Å². The lowest BCUT2D eigenvalue weighted by atomic mass is 10.2. The molecular weight excluding hydrogens is 392 g/mol. The monoisotopic (exact) mass is 408 g/mol. The molecule has 0 saturated carbocycles. The molecule has 2 rings (SSSR count). The van der Waals surface area contributed by atoms with Gasteiger partial charge in [0.05, 0.1) is 24.2 Å². The van der Waals surface area contributed by atoms with Gasteiger partial charge in [-0.25, -0.2) is 4.79 Å². The van der Waals surface area contributed by atoms with E-state index < -0.39 is 23.4 Å². The van der Waals surface area contributed by atoms with Gasteiger partial charge < -0.3 is 19.5 Å². The molecule has 0 heterocycles. The Morgan fingerprint density at radius 2 is 1.93 bits per heavy atom. The van der Waals surface area contributed by atoms with Crippen LogP contribution in [0.15, 0.2) is 36.4 Å². The van der Waals surface area contributed by atoms with Crippen molar-refractivity contribution in [2.75, 3.05) is 25.6 Å². The van der Waals surface area contributed by atoms with Gasteiger partial charge in [-0.15, -0.1) is 0 Å². The first kappa shape index (κ1) is 21.0. The van der Waals surface area contributed by atoms with E-state index in [1.165, 1.54) is 31.4 Å². The molecule has 0 unspecified atom stereocenters. The average Bonchev–Trinajstić information content (AvgIpc) is 2.67. The highest BCUT2D eigenvalue weighted by Gasteiger charge is 2.16. The predicted octanol–water partition coefficient (Wildman–Crippen LogP) is 3.45. The number of ether oxygens (including phenoxy) is 3. The lowest BCUT2D eigenvalue weighted by Gasteiger charge is -2.11. The Morgan fingerprint density at radius 1 is 1.18 bits per heavy atom. The second-order valence-corrected chi connectivity index (χ2v) is 5.75. The second kappa shape index (κ2) is 9.56. The maximum absolute atomic E-state index is 12.1.